The van der Waals surface area contributed by atoms with E-state index in [-0.39, 0.29) is 18.6 Å². The van der Waals surface area contributed by atoms with Crippen molar-refractivity contribution in [2.24, 2.45) is 0 Å². The van der Waals surface area contributed by atoms with E-state index in [0.29, 0.717) is 19.7 Å². The Labute approximate surface area is 149 Å². The van der Waals surface area contributed by atoms with Crippen molar-refractivity contribution in [3.63, 3.8) is 0 Å². The van der Waals surface area contributed by atoms with Gasteiger partial charge in [-0.3, -0.25) is 4.79 Å². The molecule has 0 N–H and O–H groups in total. The summed E-state index contributed by atoms with van der Waals surface area (Å²) in [5, 5.41) is 0. The van der Waals surface area contributed by atoms with Crippen LogP contribution in [0.1, 0.15) is 30.5 Å². The van der Waals surface area contributed by atoms with Crippen molar-refractivity contribution in [3.8, 4) is 0 Å². The summed E-state index contributed by atoms with van der Waals surface area (Å²) >= 11 is 0. The smallest absolute Gasteiger partial charge is 0.248 e. The molecule has 0 aromatic carbocycles. The molecule has 0 saturated carbocycles. The molecule has 0 radical (unpaired) electrons. The van der Waals surface area contributed by atoms with Crippen molar-refractivity contribution in [3.05, 3.63) is 17.6 Å². The first-order valence-corrected chi connectivity index (χ1v) is 9.15. The Bertz CT molecular complexity index is 582. The number of anilines is 1. The van der Waals surface area contributed by atoms with E-state index >= 15 is 0 Å². The molecular weight excluding hydrogens is 320 g/mol. The second-order valence-electron chi connectivity index (χ2n) is 6.78. The Balaban J connectivity index is 1.42. The normalized spacial score (nSPS) is 21.4. The molecule has 0 unspecified atom stereocenters. The molecule has 0 spiro atoms. The van der Waals surface area contributed by atoms with Gasteiger partial charge in [-0.15, -0.1) is 0 Å². The van der Waals surface area contributed by atoms with E-state index in [0.717, 1.165) is 49.6 Å². The highest BCUT2D eigenvalue weighted by atomic mass is 16.5. The summed E-state index contributed by atoms with van der Waals surface area (Å²) in [6.45, 7) is 8.48. The third kappa shape index (κ3) is 4.67. The lowest BCUT2D eigenvalue weighted by atomic mass is 10.1. The predicted octanol–water partition coefficient (Wildman–Crippen LogP) is 1.33. The summed E-state index contributed by atoms with van der Waals surface area (Å²) in [4.78, 5) is 25.1. The molecule has 0 bridgehead atoms. The summed E-state index contributed by atoms with van der Waals surface area (Å²) in [6, 6.07) is 0. The lowest BCUT2D eigenvalue weighted by Crippen LogP contribution is -2.50. The molecule has 2 aliphatic rings. The highest BCUT2D eigenvalue weighted by Crippen LogP contribution is 2.19. The third-order valence-corrected chi connectivity index (χ3v) is 5.04. The summed E-state index contributed by atoms with van der Waals surface area (Å²) in [6.07, 6.45) is 5.11. The number of amides is 1. The van der Waals surface area contributed by atoms with Gasteiger partial charge in [0.2, 0.25) is 5.91 Å². The standard InChI is InChI=1S/C18H28N4O3/c1-14-15(2)19-13-20-18(14)22-8-6-21(7-9-22)17(23)12-24-11-16-5-3-4-10-25-16/h13,16H,3-12H2,1-2H3/t16-/m1/s1. The maximum Gasteiger partial charge on any atom is 0.248 e. The molecule has 25 heavy (non-hydrogen) atoms. The highest BCUT2D eigenvalue weighted by molar-refractivity contribution is 5.77. The van der Waals surface area contributed by atoms with E-state index in [4.69, 9.17) is 9.47 Å². The number of hydrogen-bond donors (Lipinski definition) is 0. The molecular formula is C18H28N4O3. The van der Waals surface area contributed by atoms with Gasteiger partial charge in [0.15, 0.2) is 0 Å². The molecule has 7 heteroatoms. The maximum atomic E-state index is 12.3. The molecule has 138 valence electrons. The minimum Gasteiger partial charge on any atom is -0.376 e. The Morgan fingerprint density at radius 3 is 2.76 bits per heavy atom. The van der Waals surface area contributed by atoms with Crippen LogP contribution in [0.2, 0.25) is 0 Å². The van der Waals surface area contributed by atoms with Crippen LogP contribution in [0.3, 0.4) is 0 Å². The highest BCUT2D eigenvalue weighted by Gasteiger charge is 2.23. The lowest BCUT2D eigenvalue weighted by Gasteiger charge is -2.36. The number of ether oxygens (including phenoxy) is 2. The van der Waals surface area contributed by atoms with Crippen LogP contribution < -0.4 is 4.90 Å². The van der Waals surface area contributed by atoms with Crippen molar-refractivity contribution < 1.29 is 14.3 Å². The first-order chi connectivity index (χ1) is 12.1. The molecule has 2 aliphatic heterocycles. The quantitative estimate of drug-likeness (QED) is 0.800. The van der Waals surface area contributed by atoms with Gasteiger partial charge in [0.25, 0.3) is 0 Å². The predicted molar refractivity (Wildman–Crippen MR) is 94.7 cm³/mol. The zero-order chi connectivity index (χ0) is 17.6. The molecule has 1 aromatic rings. The number of hydrogen-bond acceptors (Lipinski definition) is 6. The van der Waals surface area contributed by atoms with Gasteiger partial charge < -0.3 is 19.3 Å². The van der Waals surface area contributed by atoms with Crippen molar-refractivity contribution in [2.75, 3.05) is 50.9 Å². The second-order valence-corrected chi connectivity index (χ2v) is 6.78. The first-order valence-electron chi connectivity index (χ1n) is 9.15. The lowest BCUT2D eigenvalue weighted by molar-refractivity contribution is -0.138. The van der Waals surface area contributed by atoms with E-state index in [1.54, 1.807) is 6.33 Å². The van der Waals surface area contributed by atoms with Gasteiger partial charge in [-0.2, -0.15) is 0 Å². The second kappa shape index (κ2) is 8.58. The van der Waals surface area contributed by atoms with Crippen LogP contribution in [-0.2, 0) is 14.3 Å². The van der Waals surface area contributed by atoms with Gasteiger partial charge in [0.05, 0.1) is 12.7 Å². The first kappa shape index (κ1) is 18.1. The molecule has 1 amide bonds. The number of nitrogens with zero attached hydrogens (tertiary/aromatic N) is 4. The van der Waals surface area contributed by atoms with Crippen molar-refractivity contribution in [1.29, 1.82) is 0 Å². The molecule has 0 aliphatic carbocycles. The fraction of sp³-hybridized carbons (Fsp3) is 0.722. The molecule has 3 rings (SSSR count). The van der Waals surface area contributed by atoms with Gasteiger partial charge in [0.1, 0.15) is 18.8 Å². The number of rotatable bonds is 5. The summed E-state index contributed by atoms with van der Waals surface area (Å²) in [5.41, 5.74) is 2.11. The van der Waals surface area contributed by atoms with Crippen LogP contribution >= 0.6 is 0 Å². The fourth-order valence-electron chi connectivity index (χ4n) is 3.32. The molecule has 1 aromatic heterocycles. The SMILES string of the molecule is Cc1ncnc(N2CCN(C(=O)COC[C@H]3CCCCO3)CC2)c1C. The largest absolute Gasteiger partial charge is 0.376 e. The van der Waals surface area contributed by atoms with E-state index in [1.165, 1.54) is 6.42 Å². The number of aryl methyl sites for hydroxylation is 1. The van der Waals surface area contributed by atoms with Crippen LogP contribution in [0.4, 0.5) is 5.82 Å². The van der Waals surface area contributed by atoms with Crippen LogP contribution in [0, 0.1) is 13.8 Å². The van der Waals surface area contributed by atoms with Gasteiger partial charge in [0, 0.05) is 44.0 Å². The molecule has 1 atom stereocenters. The fourth-order valence-corrected chi connectivity index (χ4v) is 3.32. The number of carbonyl (C=O) groups is 1. The zero-order valence-electron chi connectivity index (χ0n) is 15.2. The molecule has 3 heterocycles. The number of carbonyl (C=O) groups excluding carboxylic acids is 1. The minimum absolute atomic E-state index is 0.0612. The maximum absolute atomic E-state index is 12.3. The van der Waals surface area contributed by atoms with E-state index in [1.807, 2.05) is 18.7 Å². The van der Waals surface area contributed by atoms with Gasteiger partial charge in [-0.25, -0.2) is 9.97 Å². The Morgan fingerprint density at radius 2 is 2.04 bits per heavy atom. The van der Waals surface area contributed by atoms with Gasteiger partial charge in [-0.1, -0.05) is 0 Å². The summed E-state index contributed by atoms with van der Waals surface area (Å²) in [7, 11) is 0. The number of aromatic nitrogens is 2. The van der Waals surface area contributed by atoms with Crippen molar-refractivity contribution in [2.45, 2.75) is 39.2 Å². The Morgan fingerprint density at radius 1 is 1.24 bits per heavy atom. The number of piperazine rings is 1. The molecule has 7 nitrogen and oxygen atoms in total. The minimum atomic E-state index is 0.0612. The average Bonchev–Trinajstić information content (AvgIpc) is 2.65. The van der Waals surface area contributed by atoms with Gasteiger partial charge in [-0.05, 0) is 33.1 Å². The van der Waals surface area contributed by atoms with Crippen molar-refractivity contribution >= 4 is 11.7 Å². The Kier molecular flexibility index (Phi) is 6.20. The van der Waals surface area contributed by atoms with E-state index in [2.05, 4.69) is 14.9 Å². The van der Waals surface area contributed by atoms with Crippen LogP contribution in [0.15, 0.2) is 6.33 Å². The van der Waals surface area contributed by atoms with Crippen LogP contribution in [-0.4, -0.2) is 72.9 Å². The summed E-state index contributed by atoms with van der Waals surface area (Å²) < 4.78 is 11.2. The molecule has 2 fully saturated rings. The van der Waals surface area contributed by atoms with Crippen molar-refractivity contribution in [1.82, 2.24) is 14.9 Å². The average molecular weight is 348 g/mol. The molecule has 2 saturated heterocycles. The van der Waals surface area contributed by atoms with Gasteiger partial charge >= 0.3 is 0 Å². The zero-order valence-corrected chi connectivity index (χ0v) is 15.2. The van der Waals surface area contributed by atoms with E-state index in [9.17, 15) is 4.79 Å². The monoisotopic (exact) mass is 348 g/mol. The van der Waals surface area contributed by atoms with Crippen LogP contribution in [0.5, 0.6) is 0 Å². The summed E-state index contributed by atoms with van der Waals surface area (Å²) in [5.74, 6) is 1.04. The van der Waals surface area contributed by atoms with Crippen LogP contribution in [0.25, 0.3) is 0 Å². The Hall–Kier alpha value is -1.73. The third-order valence-electron chi connectivity index (χ3n) is 5.04. The topological polar surface area (TPSA) is 67.8 Å². The van der Waals surface area contributed by atoms with E-state index < -0.39 is 0 Å².